The van der Waals surface area contributed by atoms with E-state index in [1.165, 1.54) is 5.56 Å². The molecule has 0 aromatic heterocycles. The van der Waals surface area contributed by atoms with Crippen molar-refractivity contribution in [2.24, 2.45) is 5.92 Å². The first-order chi connectivity index (χ1) is 8.61. The Kier molecular flexibility index (Phi) is 3.90. The van der Waals surface area contributed by atoms with E-state index >= 15 is 0 Å². The molecular formula is C15H22N2O. The molecule has 1 amide bonds. The van der Waals surface area contributed by atoms with Gasteiger partial charge in [0, 0.05) is 25.2 Å². The van der Waals surface area contributed by atoms with Crippen LogP contribution in [0.25, 0.3) is 0 Å². The highest BCUT2D eigenvalue weighted by Crippen LogP contribution is 2.25. The zero-order valence-corrected chi connectivity index (χ0v) is 11.3. The molecule has 0 saturated heterocycles. The van der Waals surface area contributed by atoms with Crippen LogP contribution in [0.3, 0.4) is 0 Å². The van der Waals surface area contributed by atoms with Crippen molar-refractivity contribution in [1.82, 2.24) is 4.90 Å². The van der Waals surface area contributed by atoms with Gasteiger partial charge < -0.3 is 10.6 Å². The van der Waals surface area contributed by atoms with E-state index in [1.54, 1.807) is 0 Å². The zero-order chi connectivity index (χ0) is 13.1. The molecule has 0 bridgehead atoms. The van der Waals surface area contributed by atoms with E-state index in [1.807, 2.05) is 17.0 Å². The minimum Gasteiger partial charge on any atom is -0.398 e. The maximum atomic E-state index is 12.2. The lowest BCUT2D eigenvalue weighted by molar-refractivity contribution is -0.133. The van der Waals surface area contributed by atoms with Crippen LogP contribution in [0.5, 0.6) is 0 Å². The van der Waals surface area contributed by atoms with Crippen molar-refractivity contribution in [2.45, 2.75) is 39.7 Å². The molecule has 1 atom stereocenters. The van der Waals surface area contributed by atoms with Crippen molar-refractivity contribution in [3.05, 3.63) is 29.3 Å². The van der Waals surface area contributed by atoms with Crippen LogP contribution >= 0.6 is 0 Å². The highest BCUT2D eigenvalue weighted by molar-refractivity contribution is 5.77. The highest BCUT2D eigenvalue weighted by atomic mass is 16.2. The molecule has 98 valence electrons. The number of hydrogen-bond donors (Lipinski definition) is 1. The smallest absolute Gasteiger partial charge is 0.223 e. The van der Waals surface area contributed by atoms with Gasteiger partial charge >= 0.3 is 0 Å². The predicted molar refractivity (Wildman–Crippen MR) is 74.0 cm³/mol. The Hall–Kier alpha value is -1.51. The van der Waals surface area contributed by atoms with Crippen LogP contribution in [0, 0.1) is 5.92 Å². The Morgan fingerprint density at radius 1 is 1.50 bits per heavy atom. The molecule has 3 nitrogen and oxygen atoms in total. The second kappa shape index (κ2) is 5.42. The summed E-state index contributed by atoms with van der Waals surface area (Å²) in [4.78, 5) is 14.1. The van der Waals surface area contributed by atoms with E-state index in [4.69, 9.17) is 5.73 Å². The third kappa shape index (κ3) is 2.66. The lowest BCUT2D eigenvalue weighted by atomic mass is 9.97. The van der Waals surface area contributed by atoms with Gasteiger partial charge in [-0.25, -0.2) is 0 Å². The second-order valence-corrected chi connectivity index (χ2v) is 5.27. The van der Waals surface area contributed by atoms with Gasteiger partial charge in [-0.3, -0.25) is 4.79 Å². The number of carbonyl (C=O) groups is 1. The molecule has 1 heterocycles. The number of benzene rings is 1. The first-order valence-corrected chi connectivity index (χ1v) is 6.75. The summed E-state index contributed by atoms with van der Waals surface area (Å²) in [5.74, 6) is 0.727. The zero-order valence-electron chi connectivity index (χ0n) is 11.3. The fourth-order valence-corrected chi connectivity index (χ4v) is 2.39. The SMILES string of the molecule is CCC(C)CC(=O)N1CCc2cccc(N)c2C1. The van der Waals surface area contributed by atoms with Crippen molar-refractivity contribution in [2.75, 3.05) is 12.3 Å². The fraction of sp³-hybridized carbons (Fsp3) is 0.533. The molecule has 0 saturated carbocycles. The third-order valence-corrected chi connectivity index (χ3v) is 3.88. The largest absolute Gasteiger partial charge is 0.398 e. The molecule has 2 N–H and O–H groups in total. The van der Waals surface area contributed by atoms with Gasteiger partial charge in [-0.15, -0.1) is 0 Å². The molecule has 1 aliphatic heterocycles. The molecular weight excluding hydrogens is 224 g/mol. The number of amides is 1. The number of nitrogens with two attached hydrogens (primary N) is 1. The standard InChI is InChI=1S/C15H22N2O/c1-3-11(2)9-15(18)17-8-7-12-5-4-6-14(16)13(12)10-17/h4-6,11H,3,7-10,16H2,1-2H3. The van der Waals surface area contributed by atoms with Gasteiger partial charge in [-0.1, -0.05) is 32.4 Å². The topological polar surface area (TPSA) is 46.3 Å². The van der Waals surface area contributed by atoms with Crippen LogP contribution in [0.4, 0.5) is 5.69 Å². The van der Waals surface area contributed by atoms with Gasteiger partial charge in [0.1, 0.15) is 0 Å². The first-order valence-electron chi connectivity index (χ1n) is 6.75. The van der Waals surface area contributed by atoms with Crippen LogP contribution < -0.4 is 5.73 Å². The maximum absolute atomic E-state index is 12.2. The Morgan fingerprint density at radius 2 is 2.28 bits per heavy atom. The minimum atomic E-state index is 0.262. The molecule has 0 radical (unpaired) electrons. The maximum Gasteiger partial charge on any atom is 0.223 e. The van der Waals surface area contributed by atoms with Gasteiger partial charge in [0.25, 0.3) is 0 Å². The van der Waals surface area contributed by atoms with Gasteiger partial charge in [0.15, 0.2) is 0 Å². The Labute approximate surface area is 109 Å². The van der Waals surface area contributed by atoms with Crippen molar-refractivity contribution in [3.8, 4) is 0 Å². The molecule has 0 fully saturated rings. The van der Waals surface area contributed by atoms with Crippen LogP contribution in [0.1, 0.15) is 37.8 Å². The molecule has 1 unspecified atom stereocenters. The summed E-state index contributed by atoms with van der Waals surface area (Å²) < 4.78 is 0. The number of hydrogen-bond acceptors (Lipinski definition) is 2. The fourth-order valence-electron chi connectivity index (χ4n) is 2.39. The lowest BCUT2D eigenvalue weighted by Gasteiger charge is -2.30. The Bertz CT molecular complexity index is 442. The second-order valence-electron chi connectivity index (χ2n) is 5.27. The van der Waals surface area contributed by atoms with Crippen molar-refractivity contribution < 1.29 is 4.79 Å². The molecule has 0 spiro atoms. The number of rotatable bonds is 3. The lowest BCUT2D eigenvalue weighted by Crippen LogP contribution is -2.37. The van der Waals surface area contributed by atoms with Crippen LogP contribution in [-0.2, 0) is 17.8 Å². The molecule has 1 aromatic rings. The molecule has 1 aliphatic rings. The molecule has 18 heavy (non-hydrogen) atoms. The van der Waals surface area contributed by atoms with E-state index < -0.39 is 0 Å². The average molecular weight is 246 g/mol. The molecule has 0 aliphatic carbocycles. The summed E-state index contributed by atoms with van der Waals surface area (Å²) in [6.45, 7) is 5.76. The number of carbonyl (C=O) groups excluding carboxylic acids is 1. The summed E-state index contributed by atoms with van der Waals surface area (Å²) in [6.07, 6.45) is 2.63. The first kappa shape index (κ1) is 12.9. The van der Waals surface area contributed by atoms with E-state index in [0.717, 1.165) is 30.6 Å². The summed E-state index contributed by atoms with van der Waals surface area (Å²) >= 11 is 0. The number of fused-ring (bicyclic) bond motifs is 1. The normalized spacial score (nSPS) is 16.2. The molecule has 1 aromatic carbocycles. The van der Waals surface area contributed by atoms with Crippen molar-refractivity contribution in [3.63, 3.8) is 0 Å². The third-order valence-electron chi connectivity index (χ3n) is 3.88. The molecule has 3 heteroatoms. The van der Waals surface area contributed by atoms with E-state index in [0.29, 0.717) is 18.9 Å². The summed E-state index contributed by atoms with van der Waals surface area (Å²) in [5, 5.41) is 0. The van der Waals surface area contributed by atoms with Gasteiger partial charge in [-0.05, 0) is 29.5 Å². The Balaban J connectivity index is 2.07. The monoisotopic (exact) mass is 246 g/mol. The van der Waals surface area contributed by atoms with Gasteiger partial charge in [0.2, 0.25) is 5.91 Å². The minimum absolute atomic E-state index is 0.262. The van der Waals surface area contributed by atoms with E-state index in [-0.39, 0.29) is 5.91 Å². The predicted octanol–water partition coefficient (Wildman–Crippen LogP) is 2.59. The van der Waals surface area contributed by atoms with E-state index in [2.05, 4.69) is 19.9 Å². The summed E-state index contributed by atoms with van der Waals surface area (Å²) in [7, 11) is 0. The summed E-state index contributed by atoms with van der Waals surface area (Å²) in [5.41, 5.74) is 9.24. The van der Waals surface area contributed by atoms with Gasteiger partial charge in [0.05, 0.1) is 0 Å². The average Bonchev–Trinajstić information content (AvgIpc) is 2.38. The van der Waals surface area contributed by atoms with Crippen molar-refractivity contribution >= 4 is 11.6 Å². The van der Waals surface area contributed by atoms with Crippen molar-refractivity contribution in [1.29, 1.82) is 0 Å². The number of nitrogens with zero attached hydrogens (tertiary/aromatic N) is 1. The molecule has 2 rings (SSSR count). The summed E-state index contributed by atoms with van der Waals surface area (Å²) in [6, 6.07) is 6.02. The Morgan fingerprint density at radius 3 is 3.00 bits per heavy atom. The number of nitrogen functional groups attached to an aromatic ring is 1. The van der Waals surface area contributed by atoms with Crippen LogP contribution in [-0.4, -0.2) is 17.4 Å². The quantitative estimate of drug-likeness (QED) is 0.833. The van der Waals surface area contributed by atoms with Crippen LogP contribution in [0.2, 0.25) is 0 Å². The highest BCUT2D eigenvalue weighted by Gasteiger charge is 2.22. The number of anilines is 1. The van der Waals surface area contributed by atoms with Gasteiger partial charge in [-0.2, -0.15) is 0 Å². The van der Waals surface area contributed by atoms with E-state index in [9.17, 15) is 4.79 Å². The van der Waals surface area contributed by atoms with Crippen LogP contribution in [0.15, 0.2) is 18.2 Å².